The van der Waals surface area contributed by atoms with Crippen LogP contribution in [0.4, 0.5) is 10.5 Å². The van der Waals surface area contributed by atoms with Crippen molar-refractivity contribution in [3.8, 4) is 5.69 Å². The minimum Gasteiger partial charge on any atom is -0.325 e. The Labute approximate surface area is 211 Å². The highest BCUT2D eigenvalue weighted by atomic mass is 16.2. The summed E-state index contributed by atoms with van der Waals surface area (Å²) in [6.45, 7) is 12.1. The molecule has 0 aliphatic carbocycles. The number of aromatic nitrogens is 1. The Morgan fingerprint density at radius 2 is 1.69 bits per heavy atom. The fraction of sp³-hybridized carbons (Fsp3) is 0.276. The fourth-order valence-electron chi connectivity index (χ4n) is 4.38. The maximum Gasteiger partial charge on any atom is 0.329 e. The van der Waals surface area contributed by atoms with Gasteiger partial charge in [-0.25, -0.2) is 9.69 Å². The van der Waals surface area contributed by atoms with Crippen molar-refractivity contribution >= 4 is 29.6 Å². The van der Waals surface area contributed by atoms with Crippen molar-refractivity contribution < 1.29 is 14.4 Å². The average Bonchev–Trinajstić information content (AvgIpc) is 3.22. The lowest BCUT2D eigenvalue weighted by atomic mass is 9.87. The minimum atomic E-state index is -0.614. The predicted octanol–water partition coefficient (Wildman–Crippen LogP) is 5.23. The van der Waals surface area contributed by atoms with Gasteiger partial charge in [-0.05, 0) is 79.3 Å². The maximum absolute atomic E-state index is 13.0. The van der Waals surface area contributed by atoms with Crippen molar-refractivity contribution in [2.75, 3.05) is 11.9 Å². The number of anilines is 1. The lowest BCUT2D eigenvalue weighted by Crippen LogP contribution is -2.38. The fourth-order valence-corrected chi connectivity index (χ4v) is 4.38. The highest BCUT2D eigenvalue weighted by molar-refractivity contribution is 6.16. The molecular weight excluding hydrogens is 452 g/mol. The summed E-state index contributed by atoms with van der Waals surface area (Å²) >= 11 is 0. The lowest BCUT2D eigenvalue weighted by molar-refractivity contribution is -0.127. The molecule has 2 N–H and O–H groups in total. The number of urea groups is 1. The number of nitrogens with one attached hydrogen (secondary N) is 2. The van der Waals surface area contributed by atoms with E-state index in [1.165, 1.54) is 5.56 Å². The molecule has 3 aromatic rings. The molecule has 1 aliphatic rings. The predicted molar refractivity (Wildman–Crippen MR) is 142 cm³/mol. The summed E-state index contributed by atoms with van der Waals surface area (Å²) in [6, 6.07) is 17.1. The van der Waals surface area contributed by atoms with E-state index in [4.69, 9.17) is 0 Å². The number of nitrogens with zero attached hydrogens (tertiary/aromatic N) is 2. The van der Waals surface area contributed by atoms with Gasteiger partial charge in [0.05, 0.1) is 0 Å². The molecule has 4 rings (SSSR count). The highest BCUT2D eigenvalue weighted by Crippen LogP contribution is 2.27. The molecule has 0 atom stereocenters. The monoisotopic (exact) mass is 484 g/mol. The second kappa shape index (κ2) is 9.49. The van der Waals surface area contributed by atoms with Gasteiger partial charge in [0.2, 0.25) is 5.91 Å². The molecule has 186 valence electrons. The summed E-state index contributed by atoms with van der Waals surface area (Å²) in [5, 5.41) is 5.34. The van der Waals surface area contributed by atoms with Crippen molar-refractivity contribution in [2.45, 2.75) is 47.0 Å². The molecule has 1 fully saturated rings. The Morgan fingerprint density at radius 3 is 2.33 bits per heavy atom. The Bertz CT molecular complexity index is 1370. The number of hydrogen-bond acceptors (Lipinski definition) is 3. The molecule has 0 spiro atoms. The Balaban J connectivity index is 1.53. The standard InChI is InChI=1S/C29H32N4O3/c1-18-8-7-9-23(14-18)30-26(34)17-32-27(35)25(31-28(32)36)16-21-15-19(2)33(20(21)3)24-12-10-22(11-13-24)29(4,5)6/h7-16H,17H2,1-6H3,(H,30,34)(H,31,36)/b25-16-. The average molecular weight is 485 g/mol. The van der Waals surface area contributed by atoms with Gasteiger partial charge in [0.25, 0.3) is 5.91 Å². The SMILES string of the molecule is Cc1cccc(NC(=O)CN2C(=O)N/C(=C\c3cc(C)n(-c4ccc(C(C)(C)C)cc4)c3C)C2=O)c1. The van der Waals surface area contributed by atoms with E-state index in [2.05, 4.69) is 60.2 Å². The van der Waals surface area contributed by atoms with Crippen molar-refractivity contribution in [3.63, 3.8) is 0 Å². The van der Waals surface area contributed by atoms with Crippen LogP contribution in [0.15, 0.2) is 60.3 Å². The van der Waals surface area contributed by atoms with Crippen LogP contribution in [-0.4, -0.2) is 33.9 Å². The van der Waals surface area contributed by atoms with Crippen LogP contribution in [0.1, 0.15) is 48.8 Å². The summed E-state index contributed by atoms with van der Waals surface area (Å²) < 4.78 is 2.12. The molecule has 2 aromatic carbocycles. The molecular formula is C29H32N4O3. The van der Waals surface area contributed by atoms with E-state index >= 15 is 0 Å². The van der Waals surface area contributed by atoms with E-state index in [0.717, 1.165) is 33.1 Å². The number of hydrogen-bond donors (Lipinski definition) is 2. The van der Waals surface area contributed by atoms with Gasteiger partial charge < -0.3 is 15.2 Å². The number of benzene rings is 2. The molecule has 0 bridgehead atoms. The Kier molecular flexibility index (Phi) is 6.59. The highest BCUT2D eigenvalue weighted by Gasteiger charge is 2.35. The number of rotatable bonds is 5. The normalized spacial score (nSPS) is 14.9. The number of carbonyl (C=O) groups excluding carboxylic acids is 3. The molecule has 1 saturated heterocycles. The molecule has 7 nitrogen and oxygen atoms in total. The van der Waals surface area contributed by atoms with E-state index in [1.54, 1.807) is 12.1 Å². The third-order valence-electron chi connectivity index (χ3n) is 6.33. The Hall–Kier alpha value is -4.13. The first-order chi connectivity index (χ1) is 16.9. The first-order valence-corrected chi connectivity index (χ1v) is 11.9. The number of imide groups is 1. The second-order valence-electron chi connectivity index (χ2n) is 10.3. The smallest absolute Gasteiger partial charge is 0.325 e. The largest absolute Gasteiger partial charge is 0.329 e. The third-order valence-corrected chi connectivity index (χ3v) is 6.33. The zero-order valence-electron chi connectivity index (χ0n) is 21.6. The maximum atomic E-state index is 13.0. The molecule has 2 heterocycles. The number of carbonyl (C=O) groups is 3. The van der Waals surface area contributed by atoms with Crippen LogP contribution in [0.25, 0.3) is 11.8 Å². The van der Waals surface area contributed by atoms with Crippen LogP contribution in [0.5, 0.6) is 0 Å². The molecule has 1 aliphatic heterocycles. The quantitative estimate of drug-likeness (QED) is 0.384. The van der Waals surface area contributed by atoms with Gasteiger partial charge >= 0.3 is 6.03 Å². The number of aryl methyl sites for hydroxylation is 2. The van der Waals surface area contributed by atoms with Crippen molar-refractivity contribution in [1.82, 2.24) is 14.8 Å². The van der Waals surface area contributed by atoms with E-state index in [9.17, 15) is 14.4 Å². The van der Waals surface area contributed by atoms with Crippen molar-refractivity contribution in [2.24, 2.45) is 0 Å². The summed E-state index contributed by atoms with van der Waals surface area (Å²) in [5.74, 6) is -0.971. The molecule has 7 heteroatoms. The first kappa shape index (κ1) is 25.0. The van der Waals surface area contributed by atoms with Gasteiger partial charge in [-0.3, -0.25) is 9.59 Å². The van der Waals surface area contributed by atoms with Crippen LogP contribution in [-0.2, 0) is 15.0 Å². The molecule has 0 unspecified atom stereocenters. The summed E-state index contributed by atoms with van der Waals surface area (Å²) in [5.41, 5.74) is 6.88. The van der Waals surface area contributed by atoms with Gasteiger partial charge in [-0.15, -0.1) is 0 Å². The van der Waals surface area contributed by atoms with Crippen molar-refractivity contribution in [3.05, 3.63) is 88.4 Å². The molecule has 1 aromatic heterocycles. The third kappa shape index (κ3) is 5.10. The van der Waals surface area contributed by atoms with Gasteiger partial charge in [-0.1, -0.05) is 45.0 Å². The van der Waals surface area contributed by atoms with Crippen LogP contribution in [0, 0.1) is 20.8 Å². The second-order valence-corrected chi connectivity index (χ2v) is 10.3. The molecule has 0 saturated carbocycles. The first-order valence-electron chi connectivity index (χ1n) is 11.9. The molecule has 36 heavy (non-hydrogen) atoms. The molecule has 4 amide bonds. The summed E-state index contributed by atoms with van der Waals surface area (Å²) in [4.78, 5) is 38.8. The Morgan fingerprint density at radius 1 is 1.00 bits per heavy atom. The van der Waals surface area contributed by atoms with E-state index < -0.39 is 17.8 Å². The number of amides is 4. The van der Waals surface area contributed by atoms with E-state index in [1.807, 2.05) is 45.0 Å². The van der Waals surface area contributed by atoms with Crippen LogP contribution < -0.4 is 10.6 Å². The van der Waals surface area contributed by atoms with E-state index in [-0.39, 0.29) is 17.7 Å². The minimum absolute atomic E-state index is 0.0682. The zero-order valence-corrected chi connectivity index (χ0v) is 21.6. The lowest BCUT2D eigenvalue weighted by Gasteiger charge is -2.20. The van der Waals surface area contributed by atoms with Crippen LogP contribution >= 0.6 is 0 Å². The van der Waals surface area contributed by atoms with Crippen LogP contribution in [0.3, 0.4) is 0 Å². The van der Waals surface area contributed by atoms with Crippen LogP contribution in [0.2, 0.25) is 0 Å². The van der Waals surface area contributed by atoms with Gasteiger partial charge in [0.1, 0.15) is 12.2 Å². The van der Waals surface area contributed by atoms with E-state index in [0.29, 0.717) is 5.69 Å². The van der Waals surface area contributed by atoms with Gasteiger partial charge in [0, 0.05) is 22.8 Å². The molecule has 0 radical (unpaired) electrons. The van der Waals surface area contributed by atoms with Gasteiger partial charge in [0.15, 0.2) is 0 Å². The zero-order chi connectivity index (χ0) is 26.2. The summed E-state index contributed by atoms with van der Waals surface area (Å²) in [7, 11) is 0. The topological polar surface area (TPSA) is 83.4 Å². The van der Waals surface area contributed by atoms with Crippen molar-refractivity contribution in [1.29, 1.82) is 0 Å². The summed E-state index contributed by atoms with van der Waals surface area (Å²) in [6.07, 6.45) is 1.67. The van der Waals surface area contributed by atoms with Gasteiger partial charge in [-0.2, -0.15) is 0 Å².